The Bertz CT molecular complexity index is 582. The molecule has 0 spiro atoms. The van der Waals surface area contributed by atoms with Crippen LogP contribution in [0.4, 0.5) is 18.2 Å². The van der Waals surface area contributed by atoms with Crippen LogP contribution in [-0.4, -0.2) is 24.7 Å². The van der Waals surface area contributed by atoms with Crippen LogP contribution >= 0.6 is 11.3 Å². The van der Waals surface area contributed by atoms with Crippen molar-refractivity contribution in [3.63, 3.8) is 0 Å². The van der Waals surface area contributed by atoms with E-state index >= 15 is 0 Å². The maximum absolute atomic E-state index is 12.9. The van der Waals surface area contributed by atoms with Gasteiger partial charge in [-0.1, -0.05) is 25.2 Å². The van der Waals surface area contributed by atoms with Gasteiger partial charge in [0.1, 0.15) is 0 Å². The van der Waals surface area contributed by atoms with Crippen LogP contribution in [0.15, 0.2) is 30.4 Å². The topological polar surface area (TPSA) is 52.3 Å². The molecule has 128 valence electrons. The van der Waals surface area contributed by atoms with Gasteiger partial charge in [0, 0.05) is 4.88 Å². The maximum atomic E-state index is 12.9. The Labute approximate surface area is 137 Å². The number of nitrogens with two attached hydrogens (primary N) is 1. The summed E-state index contributed by atoms with van der Waals surface area (Å²) < 4.78 is 42.4. The fraction of sp³-hybridized carbons (Fsp3) is 0.438. The van der Waals surface area contributed by atoms with E-state index in [4.69, 9.17) is 5.73 Å². The number of rotatable bonds is 9. The van der Waals surface area contributed by atoms with Gasteiger partial charge in [-0.3, -0.25) is 4.79 Å². The number of ether oxygens (including phenoxy) is 1. The molecule has 1 atom stereocenters. The van der Waals surface area contributed by atoms with Gasteiger partial charge in [0.05, 0.1) is 16.7 Å². The van der Waals surface area contributed by atoms with Gasteiger partial charge in [0.15, 0.2) is 12.5 Å². The summed E-state index contributed by atoms with van der Waals surface area (Å²) in [6.07, 6.45) is 1.55. The summed E-state index contributed by atoms with van der Waals surface area (Å²) in [7, 11) is 0. The molecule has 1 heterocycles. The molecule has 0 saturated carbocycles. The maximum Gasteiger partial charge on any atom is 0.384 e. The van der Waals surface area contributed by atoms with Crippen molar-refractivity contribution in [2.75, 3.05) is 12.4 Å². The largest absolute Gasteiger partial charge is 0.390 e. The van der Waals surface area contributed by atoms with E-state index in [1.54, 1.807) is 13.0 Å². The van der Waals surface area contributed by atoms with E-state index in [0.717, 1.165) is 11.3 Å². The number of aryl methyl sites for hydroxylation is 1. The van der Waals surface area contributed by atoms with Crippen molar-refractivity contribution < 1.29 is 22.7 Å². The fourth-order valence-corrected chi connectivity index (χ4v) is 2.73. The third-order valence-electron chi connectivity index (χ3n) is 2.95. The highest BCUT2D eigenvalue weighted by molar-refractivity contribution is 7.16. The number of anilines is 1. The summed E-state index contributed by atoms with van der Waals surface area (Å²) in [5, 5.41) is 0.432. The highest BCUT2D eigenvalue weighted by Crippen LogP contribution is 2.26. The van der Waals surface area contributed by atoms with E-state index < -0.39 is 18.9 Å². The summed E-state index contributed by atoms with van der Waals surface area (Å²) in [6.45, 7) is 1.70. The smallest absolute Gasteiger partial charge is 0.384 e. The molecule has 1 aromatic heterocycles. The highest BCUT2D eigenvalue weighted by Gasteiger charge is 2.32. The average molecular weight is 347 g/mol. The Morgan fingerprint density at radius 2 is 2.22 bits per heavy atom. The molecule has 0 aliphatic heterocycles. The minimum absolute atomic E-state index is 0.0242. The Morgan fingerprint density at radius 3 is 2.74 bits per heavy atom. The fourth-order valence-electron chi connectivity index (χ4n) is 1.86. The third kappa shape index (κ3) is 6.19. The zero-order valence-corrected chi connectivity index (χ0v) is 13.8. The van der Waals surface area contributed by atoms with Gasteiger partial charge in [-0.2, -0.15) is 8.78 Å². The van der Waals surface area contributed by atoms with Crippen molar-refractivity contribution >= 4 is 22.1 Å². The lowest BCUT2D eigenvalue weighted by molar-refractivity contribution is -0.260. The first kappa shape index (κ1) is 19.4. The third-order valence-corrected chi connectivity index (χ3v) is 4.06. The SMILES string of the molecule is C/C=C\C(C/C=C/C(=O)c1cc(CC)sc1N)OC(F)(F)CF. The second kappa shape index (κ2) is 8.88. The average Bonchev–Trinajstić information content (AvgIpc) is 2.88. The molecule has 23 heavy (non-hydrogen) atoms. The number of allylic oxidation sites excluding steroid dienone is 2. The van der Waals surface area contributed by atoms with Crippen LogP contribution in [0, 0.1) is 0 Å². The van der Waals surface area contributed by atoms with Crippen molar-refractivity contribution in [2.24, 2.45) is 0 Å². The van der Waals surface area contributed by atoms with E-state index in [9.17, 15) is 18.0 Å². The second-order valence-corrected chi connectivity index (χ2v) is 5.97. The van der Waals surface area contributed by atoms with Crippen LogP contribution in [0.25, 0.3) is 0 Å². The normalized spacial score (nSPS) is 14.0. The monoisotopic (exact) mass is 347 g/mol. The molecule has 1 unspecified atom stereocenters. The van der Waals surface area contributed by atoms with Crippen molar-refractivity contribution in [1.82, 2.24) is 0 Å². The van der Waals surface area contributed by atoms with Crippen LogP contribution < -0.4 is 5.73 Å². The zero-order chi connectivity index (χ0) is 17.5. The van der Waals surface area contributed by atoms with Gasteiger partial charge >= 0.3 is 6.11 Å². The van der Waals surface area contributed by atoms with E-state index in [1.807, 2.05) is 6.92 Å². The zero-order valence-electron chi connectivity index (χ0n) is 13.0. The Hall–Kier alpha value is -1.60. The van der Waals surface area contributed by atoms with Crippen LogP contribution in [0.5, 0.6) is 0 Å². The molecule has 0 saturated heterocycles. The van der Waals surface area contributed by atoms with E-state index in [1.165, 1.54) is 35.6 Å². The van der Waals surface area contributed by atoms with E-state index in [-0.39, 0.29) is 12.2 Å². The Morgan fingerprint density at radius 1 is 1.52 bits per heavy atom. The van der Waals surface area contributed by atoms with Gasteiger partial charge in [-0.25, -0.2) is 4.39 Å². The molecule has 0 aromatic carbocycles. The van der Waals surface area contributed by atoms with Gasteiger partial charge in [-0.15, -0.1) is 11.3 Å². The second-order valence-electron chi connectivity index (χ2n) is 4.80. The molecular formula is C16H20F3NO2S. The first-order valence-corrected chi connectivity index (χ1v) is 7.98. The first-order chi connectivity index (χ1) is 10.8. The van der Waals surface area contributed by atoms with E-state index in [0.29, 0.717) is 10.6 Å². The number of hydrogen-bond donors (Lipinski definition) is 1. The number of nitrogen functional groups attached to an aromatic ring is 1. The number of carbonyl (C=O) groups excluding carboxylic acids is 1. The molecule has 0 radical (unpaired) electrons. The Kier molecular flexibility index (Phi) is 7.51. The predicted molar refractivity (Wildman–Crippen MR) is 86.8 cm³/mol. The first-order valence-electron chi connectivity index (χ1n) is 7.16. The number of thiophene rings is 1. The number of carbonyl (C=O) groups is 1. The molecule has 0 bridgehead atoms. The molecule has 1 aromatic rings. The molecule has 0 fully saturated rings. The van der Waals surface area contributed by atoms with Gasteiger partial charge in [0.25, 0.3) is 0 Å². The lowest BCUT2D eigenvalue weighted by atomic mass is 10.1. The molecule has 1 rings (SSSR count). The summed E-state index contributed by atoms with van der Waals surface area (Å²) in [5.41, 5.74) is 6.19. The minimum atomic E-state index is -3.84. The van der Waals surface area contributed by atoms with Crippen LogP contribution in [-0.2, 0) is 11.2 Å². The van der Waals surface area contributed by atoms with E-state index in [2.05, 4.69) is 4.74 Å². The minimum Gasteiger partial charge on any atom is -0.390 e. The molecule has 2 N–H and O–H groups in total. The molecule has 3 nitrogen and oxygen atoms in total. The number of alkyl halides is 3. The lowest BCUT2D eigenvalue weighted by Crippen LogP contribution is -2.28. The van der Waals surface area contributed by atoms with Crippen molar-refractivity contribution in [3.05, 3.63) is 40.8 Å². The summed E-state index contributed by atoms with van der Waals surface area (Å²) in [5.74, 6) is -0.296. The molecular weight excluding hydrogens is 327 g/mol. The van der Waals surface area contributed by atoms with Crippen LogP contribution in [0.3, 0.4) is 0 Å². The van der Waals surface area contributed by atoms with Gasteiger partial charge in [-0.05, 0) is 31.9 Å². The molecule has 0 aliphatic carbocycles. The Balaban J connectivity index is 2.70. The molecule has 0 aliphatic rings. The number of ketones is 1. The summed E-state index contributed by atoms with van der Waals surface area (Å²) in [6, 6.07) is 1.73. The van der Waals surface area contributed by atoms with Crippen molar-refractivity contribution in [1.29, 1.82) is 0 Å². The predicted octanol–water partition coefficient (Wildman–Crippen LogP) is 4.55. The van der Waals surface area contributed by atoms with Gasteiger partial charge in [0.2, 0.25) is 0 Å². The lowest BCUT2D eigenvalue weighted by Gasteiger charge is -2.18. The highest BCUT2D eigenvalue weighted by atomic mass is 32.1. The molecule has 0 amide bonds. The standard InChI is InChI=1S/C16H20F3NO2S/c1-3-6-11(22-16(18,19)10-17)7-5-8-14(21)13-9-12(4-2)23-15(13)20/h3,5-6,8-9,11H,4,7,10,20H2,1-2H3/b6-3-,8-5+. The quantitative estimate of drug-likeness (QED) is 0.405. The number of hydrogen-bond acceptors (Lipinski definition) is 4. The van der Waals surface area contributed by atoms with Crippen LogP contribution in [0.2, 0.25) is 0 Å². The van der Waals surface area contributed by atoms with Crippen molar-refractivity contribution in [2.45, 2.75) is 38.9 Å². The van der Waals surface area contributed by atoms with Gasteiger partial charge < -0.3 is 10.5 Å². The summed E-state index contributed by atoms with van der Waals surface area (Å²) >= 11 is 1.35. The number of halogens is 3. The van der Waals surface area contributed by atoms with Crippen LogP contribution in [0.1, 0.15) is 35.5 Å². The molecule has 7 heteroatoms. The van der Waals surface area contributed by atoms with Crippen molar-refractivity contribution in [3.8, 4) is 0 Å². The summed E-state index contributed by atoms with van der Waals surface area (Å²) in [4.78, 5) is 13.0.